The van der Waals surface area contributed by atoms with E-state index in [9.17, 15) is 4.79 Å². The van der Waals surface area contributed by atoms with E-state index in [2.05, 4.69) is 29.5 Å². The summed E-state index contributed by atoms with van der Waals surface area (Å²) < 4.78 is 9.91. The Kier molecular flexibility index (Phi) is 5.40. The van der Waals surface area contributed by atoms with Crippen LogP contribution in [-0.2, 0) is 24.9 Å². The number of nitrogens with zero attached hydrogens (tertiary/aromatic N) is 4. The van der Waals surface area contributed by atoms with Crippen LogP contribution in [0.1, 0.15) is 40.2 Å². The smallest absolute Gasteiger partial charge is 0.253 e. The molecule has 1 aromatic carbocycles. The van der Waals surface area contributed by atoms with Gasteiger partial charge in [0.1, 0.15) is 0 Å². The summed E-state index contributed by atoms with van der Waals surface area (Å²) in [5, 5.41) is 0.414. The normalized spacial score (nSPS) is 16.7. The van der Waals surface area contributed by atoms with Gasteiger partial charge in [-0.15, -0.1) is 0 Å². The van der Waals surface area contributed by atoms with Crippen molar-refractivity contribution in [3.8, 4) is 0 Å². The van der Waals surface area contributed by atoms with E-state index in [1.54, 1.807) is 15.5 Å². The van der Waals surface area contributed by atoms with Gasteiger partial charge in [0.05, 0.1) is 17.1 Å². The van der Waals surface area contributed by atoms with Crippen LogP contribution in [0.2, 0.25) is 5.28 Å². The number of ether oxygens (including phenoxy) is 1. The number of fused-ring (bicyclic) bond motifs is 1. The molecule has 1 aliphatic heterocycles. The molecule has 7 heteroatoms. The predicted octanol–water partition coefficient (Wildman–Crippen LogP) is 4.10. The van der Waals surface area contributed by atoms with E-state index in [1.165, 1.54) is 17.0 Å². The van der Waals surface area contributed by atoms with Crippen molar-refractivity contribution in [1.29, 1.82) is 0 Å². The molecule has 6 nitrogen and oxygen atoms in total. The Labute approximate surface area is 176 Å². The highest BCUT2D eigenvalue weighted by Gasteiger charge is 2.21. The molecule has 29 heavy (non-hydrogen) atoms. The summed E-state index contributed by atoms with van der Waals surface area (Å²) in [6.45, 7) is 6.54. The third kappa shape index (κ3) is 3.79. The molecule has 1 unspecified atom stereocenters. The molecule has 4 rings (SSSR count). The molecule has 1 amide bonds. The van der Waals surface area contributed by atoms with Crippen LogP contribution in [-0.4, -0.2) is 44.7 Å². The average molecular weight is 415 g/mol. The maximum atomic E-state index is 13.0. The quantitative estimate of drug-likeness (QED) is 0.631. The van der Waals surface area contributed by atoms with Gasteiger partial charge in [-0.3, -0.25) is 4.79 Å². The first-order chi connectivity index (χ1) is 13.8. The van der Waals surface area contributed by atoms with Crippen molar-refractivity contribution in [1.82, 2.24) is 19.0 Å². The van der Waals surface area contributed by atoms with Gasteiger partial charge in [0.25, 0.3) is 5.91 Å². The highest BCUT2D eigenvalue weighted by molar-refractivity contribution is 6.29. The van der Waals surface area contributed by atoms with E-state index in [4.69, 9.17) is 16.3 Å². The molecule has 0 N–H and O–H groups in total. The van der Waals surface area contributed by atoms with Crippen LogP contribution in [0.3, 0.4) is 0 Å². The molecule has 3 heterocycles. The first-order valence-corrected chi connectivity index (χ1v) is 10.4. The SMILES string of the molecule is Cc1cc(CN(C)C(=O)c2ccc3c(c2)nc(Cl)n3C)c(C)n1CC1CCCO1. The number of aryl methyl sites for hydroxylation is 2. The second-order valence-corrected chi connectivity index (χ2v) is 8.28. The lowest BCUT2D eigenvalue weighted by Crippen LogP contribution is -2.26. The minimum Gasteiger partial charge on any atom is -0.376 e. The average Bonchev–Trinajstić information content (AvgIpc) is 3.38. The van der Waals surface area contributed by atoms with E-state index < -0.39 is 0 Å². The zero-order valence-corrected chi connectivity index (χ0v) is 18.2. The Morgan fingerprint density at radius 1 is 1.34 bits per heavy atom. The van der Waals surface area contributed by atoms with Gasteiger partial charge in [0.15, 0.2) is 0 Å². The van der Waals surface area contributed by atoms with Crippen LogP contribution >= 0.6 is 11.6 Å². The third-order valence-electron chi connectivity index (χ3n) is 5.92. The van der Waals surface area contributed by atoms with Crippen LogP contribution in [0, 0.1) is 13.8 Å². The van der Waals surface area contributed by atoms with E-state index >= 15 is 0 Å². The lowest BCUT2D eigenvalue weighted by molar-refractivity contribution is 0.0784. The number of imidazole rings is 1. The molecule has 0 aliphatic carbocycles. The van der Waals surface area contributed by atoms with Gasteiger partial charge in [-0.05, 0) is 68.1 Å². The molecule has 3 aromatic rings. The lowest BCUT2D eigenvalue weighted by Gasteiger charge is -2.18. The molecule has 2 aromatic heterocycles. The fraction of sp³-hybridized carbons (Fsp3) is 0.455. The van der Waals surface area contributed by atoms with Crippen LogP contribution in [0.5, 0.6) is 0 Å². The van der Waals surface area contributed by atoms with Gasteiger partial charge in [-0.2, -0.15) is 0 Å². The highest BCUT2D eigenvalue weighted by Crippen LogP contribution is 2.23. The van der Waals surface area contributed by atoms with Gasteiger partial charge < -0.3 is 18.8 Å². The standard InChI is InChI=1S/C22H27ClN4O2/c1-14-10-17(15(2)27(14)13-18-6-5-9-29-18)12-25(3)21(28)16-7-8-20-19(11-16)24-22(23)26(20)4/h7-8,10-11,18H,5-6,9,12-13H2,1-4H3. The van der Waals surface area contributed by atoms with E-state index in [-0.39, 0.29) is 5.91 Å². The Morgan fingerprint density at radius 3 is 2.86 bits per heavy atom. The first-order valence-electron chi connectivity index (χ1n) is 10.00. The molecule has 0 bridgehead atoms. The Bertz CT molecular complexity index is 1060. The van der Waals surface area contributed by atoms with Crippen LogP contribution in [0.15, 0.2) is 24.3 Å². The zero-order chi connectivity index (χ0) is 20.7. The minimum absolute atomic E-state index is 0.0300. The number of hydrogen-bond acceptors (Lipinski definition) is 3. The Hall–Kier alpha value is -2.31. The second kappa shape index (κ2) is 7.84. The summed E-state index contributed by atoms with van der Waals surface area (Å²) in [6.07, 6.45) is 2.55. The number of carbonyl (C=O) groups excluding carboxylic acids is 1. The van der Waals surface area contributed by atoms with Crippen LogP contribution in [0.4, 0.5) is 0 Å². The zero-order valence-electron chi connectivity index (χ0n) is 17.4. The molecule has 0 saturated carbocycles. The van der Waals surface area contributed by atoms with E-state index in [0.717, 1.165) is 37.0 Å². The molecule has 1 atom stereocenters. The van der Waals surface area contributed by atoms with Crippen molar-refractivity contribution in [2.24, 2.45) is 7.05 Å². The fourth-order valence-corrected chi connectivity index (χ4v) is 4.34. The number of halogens is 1. The van der Waals surface area contributed by atoms with Crippen molar-refractivity contribution in [2.45, 2.75) is 45.9 Å². The maximum Gasteiger partial charge on any atom is 0.253 e. The topological polar surface area (TPSA) is 52.3 Å². The molecular formula is C22H27ClN4O2. The highest BCUT2D eigenvalue weighted by atomic mass is 35.5. The monoisotopic (exact) mass is 414 g/mol. The van der Waals surface area contributed by atoms with Gasteiger partial charge in [-0.1, -0.05) is 0 Å². The van der Waals surface area contributed by atoms with Crippen molar-refractivity contribution in [2.75, 3.05) is 13.7 Å². The Morgan fingerprint density at radius 2 is 2.14 bits per heavy atom. The molecule has 154 valence electrons. The number of benzene rings is 1. The lowest BCUT2D eigenvalue weighted by atomic mass is 10.1. The molecule has 0 spiro atoms. The van der Waals surface area contributed by atoms with Gasteiger partial charge in [0, 0.05) is 50.7 Å². The molecule has 0 radical (unpaired) electrons. The molecule has 1 aliphatic rings. The van der Waals surface area contributed by atoms with Crippen LogP contribution < -0.4 is 0 Å². The van der Waals surface area contributed by atoms with E-state index in [0.29, 0.717) is 23.5 Å². The van der Waals surface area contributed by atoms with Gasteiger partial charge >= 0.3 is 0 Å². The van der Waals surface area contributed by atoms with Crippen molar-refractivity contribution in [3.05, 3.63) is 52.1 Å². The number of aromatic nitrogens is 3. The Balaban J connectivity index is 1.51. The maximum absolute atomic E-state index is 13.0. The largest absolute Gasteiger partial charge is 0.376 e. The third-order valence-corrected chi connectivity index (χ3v) is 6.25. The number of hydrogen-bond donors (Lipinski definition) is 0. The van der Waals surface area contributed by atoms with Crippen molar-refractivity contribution >= 4 is 28.5 Å². The molecular weight excluding hydrogens is 388 g/mol. The molecule has 1 fully saturated rings. The van der Waals surface area contributed by atoms with Crippen LogP contribution in [0.25, 0.3) is 11.0 Å². The summed E-state index contributed by atoms with van der Waals surface area (Å²) in [5.41, 5.74) is 5.82. The number of amides is 1. The van der Waals surface area contributed by atoms with Crippen molar-refractivity contribution in [3.63, 3.8) is 0 Å². The molecule has 1 saturated heterocycles. The first kappa shape index (κ1) is 20.0. The minimum atomic E-state index is -0.0300. The fourth-order valence-electron chi connectivity index (χ4n) is 4.16. The summed E-state index contributed by atoms with van der Waals surface area (Å²) in [6, 6.07) is 7.71. The summed E-state index contributed by atoms with van der Waals surface area (Å²) in [4.78, 5) is 19.1. The van der Waals surface area contributed by atoms with Gasteiger partial charge in [-0.25, -0.2) is 4.98 Å². The summed E-state index contributed by atoms with van der Waals surface area (Å²) in [7, 11) is 3.70. The predicted molar refractivity (Wildman–Crippen MR) is 114 cm³/mol. The number of rotatable bonds is 5. The summed E-state index contributed by atoms with van der Waals surface area (Å²) >= 11 is 6.09. The van der Waals surface area contributed by atoms with E-state index in [1.807, 2.05) is 26.2 Å². The van der Waals surface area contributed by atoms with Gasteiger partial charge in [0.2, 0.25) is 5.28 Å². The second-order valence-electron chi connectivity index (χ2n) is 7.95. The number of carbonyl (C=O) groups is 1. The van der Waals surface area contributed by atoms with Crippen molar-refractivity contribution < 1.29 is 9.53 Å². The summed E-state index contributed by atoms with van der Waals surface area (Å²) in [5.74, 6) is -0.0300.